The van der Waals surface area contributed by atoms with Crippen molar-refractivity contribution in [1.29, 1.82) is 0 Å². The van der Waals surface area contributed by atoms with Crippen LogP contribution in [0.1, 0.15) is 16.1 Å². The van der Waals surface area contributed by atoms with Gasteiger partial charge in [-0.15, -0.1) is 0 Å². The van der Waals surface area contributed by atoms with E-state index < -0.39 is 15.8 Å². The van der Waals surface area contributed by atoms with Gasteiger partial charge in [0.05, 0.1) is 24.6 Å². The van der Waals surface area contributed by atoms with Gasteiger partial charge in [0.15, 0.2) is 0 Å². The molecule has 0 unspecified atom stereocenters. The summed E-state index contributed by atoms with van der Waals surface area (Å²) in [5.74, 6) is 0.549. The number of hydrogen-bond donors (Lipinski definition) is 0. The zero-order valence-electron chi connectivity index (χ0n) is 16.4. The van der Waals surface area contributed by atoms with E-state index in [1.54, 1.807) is 66.7 Å². The molecular formula is C23H19NO5S. The molecule has 0 amide bonds. The van der Waals surface area contributed by atoms with Gasteiger partial charge in [0.25, 0.3) is 10.0 Å². The van der Waals surface area contributed by atoms with Crippen LogP contribution in [0.15, 0.2) is 83.8 Å². The number of nitrogens with zero attached hydrogens (tertiary/aromatic N) is 1. The molecule has 4 aromatic rings. The van der Waals surface area contributed by atoms with E-state index in [0.29, 0.717) is 28.0 Å². The number of ketones is 1. The summed E-state index contributed by atoms with van der Waals surface area (Å²) in [5, 5.41) is 0.533. The van der Waals surface area contributed by atoms with E-state index >= 15 is 0 Å². The van der Waals surface area contributed by atoms with E-state index in [1.165, 1.54) is 26.4 Å². The molecule has 7 heteroatoms. The molecule has 0 aliphatic heterocycles. The predicted molar refractivity (Wildman–Crippen MR) is 114 cm³/mol. The van der Waals surface area contributed by atoms with Gasteiger partial charge in [0.2, 0.25) is 5.78 Å². The van der Waals surface area contributed by atoms with E-state index in [1.807, 2.05) is 0 Å². The quantitative estimate of drug-likeness (QED) is 0.438. The Kier molecular flexibility index (Phi) is 5.05. The highest BCUT2D eigenvalue weighted by Crippen LogP contribution is 2.33. The third-order valence-corrected chi connectivity index (χ3v) is 6.57. The van der Waals surface area contributed by atoms with Crippen LogP contribution in [0.4, 0.5) is 0 Å². The molecule has 152 valence electrons. The number of methoxy groups -OCH3 is 2. The smallest absolute Gasteiger partial charge is 0.268 e. The summed E-state index contributed by atoms with van der Waals surface area (Å²) in [6.07, 6.45) is 0. The van der Waals surface area contributed by atoms with Crippen LogP contribution in [0.5, 0.6) is 11.5 Å². The molecule has 4 rings (SSSR count). The number of rotatable bonds is 6. The van der Waals surface area contributed by atoms with Crippen molar-refractivity contribution in [2.75, 3.05) is 14.2 Å². The fourth-order valence-corrected chi connectivity index (χ4v) is 4.91. The number of fused-ring (bicyclic) bond motifs is 1. The lowest BCUT2D eigenvalue weighted by Gasteiger charge is -2.12. The number of benzene rings is 3. The first-order valence-corrected chi connectivity index (χ1v) is 10.6. The highest BCUT2D eigenvalue weighted by atomic mass is 32.2. The normalized spacial score (nSPS) is 11.4. The summed E-state index contributed by atoms with van der Waals surface area (Å²) >= 11 is 0. The number of hydrogen-bond acceptors (Lipinski definition) is 5. The van der Waals surface area contributed by atoms with Crippen LogP contribution in [-0.4, -0.2) is 32.4 Å². The van der Waals surface area contributed by atoms with Crippen molar-refractivity contribution in [3.63, 3.8) is 0 Å². The van der Waals surface area contributed by atoms with Crippen molar-refractivity contribution in [2.45, 2.75) is 4.90 Å². The highest BCUT2D eigenvalue weighted by molar-refractivity contribution is 7.90. The van der Waals surface area contributed by atoms with Gasteiger partial charge in [-0.3, -0.25) is 4.79 Å². The van der Waals surface area contributed by atoms with Gasteiger partial charge < -0.3 is 9.47 Å². The third-order valence-electron chi connectivity index (χ3n) is 4.83. The monoisotopic (exact) mass is 421 g/mol. The van der Waals surface area contributed by atoms with Crippen molar-refractivity contribution in [2.24, 2.45) is 0 Å². The van der Waals surface area contributed by atoms with Crippen LogP contribution in [0.3, 0.4) is 0 Å². The van der Waals surface area contributed by atoms with Crippen LogP contribution in [0, 0.1) is 0 Å². The molecule has 0 radical (unpaired) electrons. The molecule has 0 saturated carbocycles. The second kappa shape index (κ2) is 7.68. The van der Waals surface area contributed by atoms with Gasteiger partial charge in [-0.2, -0.15) is 0 Å². The number of ether oxygens (including phenoxy) is 2. The number of aromatic nitrogens is 1. The minimum atomic E-state index is -4.04. The Morgan fingerprint density at radius 2 is 1.57 bits per heavy atom. The molecule has 6 nitrogen and oxygen atoms in total. The summed E-state index contributed by atoms with van der Waals surface area (Å²) in [6.45, 7) is 0. The highest BCUT2D eigenvalue weighted by Gasteiger charge is 2.28. The second-order valence-electron chi connectivity index (χ2n) is 6.57. The summed E-state index contributed by atoms with van der Waals surface area (Å²) in [4.78, 5) is 13.5. The molecule has 30 heavy (non-hydrogen) atoms. The molecule has 0 bridgehead atoms. The number of carbonyl (C=O) groups excluding carboxylic acids is 1. The molecule has 0 N–H and O–H groups in total. The first-order valence-electron chi connectivity index (χ1n) is 9.15. The average molecular weight is 421 g/mol. The first-order chi connectivity index (χ1) is 14.5. The van der Waals surface area contributed by atoms with Gasteiger partial charge in [0, 0.05) is 10.9 Å². The van der Waals surface area contributed by atoms with Gasteiger partial charge in [0.1, 0.15) is 17.2 Å². The minimum Gasteiger partial charge on any atom is -0.497 e. The van der Waals surface area contributed by atoms with E-state index in [2.05, 4.69) is 0 Å². The van der Waals surface area contributed by atoms with Crippen LogP contribution in [0.2, 0.25) is 0 Å². The maximum atomic E-state index is 13.5. The lowest BCUT2D eigenvalue weighted by atomic mass is 10.1. The molecule has 3 aromatic carbocycles. The molecule has 1 aromatic heterocycles. The standard InChI is InChI=1S/C23H19NO5S/c1-28-17-9-6-8-16(14-17)23(25)21-15-19-20(12-7-13-22(19)29-2)24(21)30(26,27)18-10-4-3-5-11-18/h3-15H,1-2H3. The Labute approximate surface area is 174 Å². The van der Waals surface area contributed by atoms with Crippen LogP contribution in [-0.2, 0) is 10.0 Å². The SMILES string of the molecule is COc1cccc(C(=O)c2cc3c(OC)cccc3n2S(=O)(=O)c2ccccc2)c1. The van der Waals surface area contributed by atoms with Crippen molar-refractivity contribution in [1.82, 2.24) is 3.97 Å². The van der Waals surface area contributed by atoms with Crippen molar-refractivity contribution in [3.8, 4) is 11.5 Å². The molecule has 0 atom stereocenters. The zero-order valence-corrected chi connectivity index (χ0v) is 17.2. The Bertz CT molecular complexity index is 1340. The fraction of sp³-hybridized carbons (Fsp3) is 0.0870. The van der Waals surface area contributed by atoms with Gasteiger partial charge in [-0.25, -0.2) is 12.4 Å². The zero-order chi connectivity index (χ0) is 21.3. The van der Waals surface area contributed by atoms with Crippen molar-refractivity contribution >= 4 is 26.7 Å². The summed E-state index contributed by atoms with van der Waals surface area (Å²) < 4.78 is 38.8. The van der Waals surface area contributed by atoms with E-state index in [4.69, 9.17) is 9.47 Å². The van der Waals surface area contributed by atoms with E-state index in [0.717, 1.165) is 3.97 Å². The van der Waals surface area contributed by atoms with Crippen LogP contribution >= 0.6 is 0 Å². The molecule has 0 spiro atoms. The van der Waals surface area contributed by atoms with Crippen LogP contribution < -0.4 is 9.47 Å². The van der Waals surface area contributed by atoms with Crippen LogP contribution in [0.25, 0.3) is 10.9 Å². The summed E-state index contributed by atoms with van der Waals surface area (Å²) in [6, 6.07) is 21.2. The lowest BCUT2D eigenvalue weighted by Crippen LogP contribution is -2.19. The predicted octanol–water partition coefficient (Wildman–Crippen LogP) is 4.13. The molecular weight excluding hydrogens is 402 g/mol. The summed E-state index contributed by atoms with van der Waals surface area (Å²) in [5.41, 5.74) is 0.705. The Morgan fingerprint density at radius 3 is 2.27 bits per heavy atom. The maximum Gasteiger partial charge on any atom is 0.268 e. The van der Waals surface area contributed by atoms with Gasteiger partial charge in [-0.1, -0.05) is 36.4 Å². The Morgan fingerprint density at radius 1 is 0.833 bits per heavy atom. The Hall–Kier alpha value is -3.58. The summed E-state index contributed by atoms with van der Waals surface area (Å²) in [7, 11) is -1.03. The second-order valence-corrected chi connectivity index (χ2v) is 8.35. The molecule has 1 heterocycles. The van der Waals surface area contributed by atoms with Crippen molar-refractivity contribution in [3.05, 3.63) is 90.1 Å². The van der Waals surface area contributed by atoms with Gasteiger partial charge >= 0.3 is 0 Å². The minimum absolute atomic E-state index is 0.0200. The fourth-order valence-electron chi connectivity index (χ4n) is 3.38. The largest absolute Gasteiger partial charge is 0.497 e. The Balaban J connectivity index is 2.02. The van der Waals surface area contributed by atoms with E-state index in [9.17, 15) is 13.2 Å². The van der Waals surface area contributed by atoms with Crippen molar-refractivity contribution < 1.29 is 22.7 Å². The first kappa shape index (κ1) is 19.7. The molecule has 0 aliphatic rings. The molecule has 0 saturated heterocycles. The molecule has 0 aliphatic carbocycles. The molecule has 0 fully saturated rings. The topological polar surface area (TPSA) is 74.6 Å². The average Bonchev–Trinajstić information content (AvgIpc) is 3.19. The van der Waals surface area contributed by atoms with Gasteiger partial charge in [-0.05, 0) is 42.5 Å². The lowest BCUT2D eigenvalue weighted by molar-refractivity contribution is 0.103. The number of carbonyl (C=O) groups is 1. The van der Waals surface area contributed by atoms with E-state index in [-0.39, 0.29) is 10.6 Å². The maximum absolute atomic E-state index is 13.5. The third kappa shape index (κ3) is 3.23.